The van der Waals surface area contributed by atoms with Gasteiger partial charge in [0, 0.05) is 23.0 Å². The third-order valence-corrected chi connectivity index (χ3v) is 7.61. The van der Waals surface area contributed by atoms with Crippen LogP contribution in [0.2, 0.25) is 0 Å². The minimum absolute atomic E-state index is 0.101. The zero-order chi connectivity index (χ0) is 25.7. The van der Waals surface area contributed by atoms with Crippen LogP contribution < -0.4 is 8.37 Å². The van der Waals surface area contributed by atoms with Crippen molar-refractivity contribution in [1.82, 2.24) is 0 Å². The van der Waals surface area contributed by atoms with E-state index in [1.165, 1.54) is 6.92 Å². The SMILES string of the molecule is CC1=CC(C(C)C(C)C)c2c(OS(=O)(=O)C(F)(F)F)ccc(OS(=O)(=O)C(F)(F)F)c2C1C. The summed E-state index contributed by atoms with van der Waals surface area (Å²) in [6, 6.07) is 1.31. The molecule has 1 aliphatic rings. The van der Waals surface area contributed by atoms with E-state index in [-0.39, 0.29) is 23.0 Å². The summed E-state index contributed by atoms with van der Waals surface area (Å²) < 4.78 is 133. The van der Waals surface area contributed by atoms with Crippen LogP contribution in [0, 0.1) is 11.8 Å². The van der Waals surface area contributed by atoms with E-state index in [9.17, 15) is 43.2 Å². The largest absolute Gasteiger partial charge is 0.534 e. The number of halogens is 6. The Balaban J connectivity index is 2.85. The van der Waals surface area contributed by atoms with Gasteiger partial charge in [-0.25, -0.2) is 0 Å². The fourth-order valence-electron chi connectivity index (χ4n) is 3.43. The van der Waals surface area contributed by atoms with Crippen LogP contribution in [0.1, 0.15) is 57.6 Å². The van der Waals surface area contributed by atoms with Crippen molar-refractivity contribution < 1.29 is 51.5 Å². The van der Waals surface area contributed by atoms with Gasteiger partial charge in [-0.15, -0.1) is 0 Å². The van der Waals surface area contributed by atoms with E-state index in [1.54, 1.807) is 33.8 Å². The lowest BCUT2D eigenvalue weighted by molar-refractivity contribution is -0.0506. The standard InChI is InChI=1S/C19H22F6O6S2/c1-9(2)11(4)13-8-10(3)12(5)16-14(30-32(26,27)18(20,21)22)6-7-15(17(13)16)31-33(28,29)19(23,24)25/h6-9,11-13H,1-5H3. The van der Waals surface area contributed by atoms with Gasteiger partial charge in [-0.05, 0) is 30.9 Å². The highest BCUT2D eigenvalue weighted by Crippen LogP contribution is 2.51. The first-order valence-electron chi connectivity index (χ1n) is 9.58. The number of benzene rings is 1. The van der Waals surface area contributed by atoms with E-state index in [0.29, 0.717) is 17.7 Å². The van der Waals surface area contributed by atoms with Crippen molar-refractivity contribution in [2.45, 2.75) is 57.5 Å². The van der Waals surface area contributed by atoms with Gasteiger partial charge in [0.2, 0.25) is 0 Å². The molecule has 0 heterocycles. The molecule has 3 atom stereocenters. The van der Waals surface area contributed by atoms with Crippen molar-refractivity contribution in [1.29, 1.82) is 0 Å². The predicted molar refractivity (Wildman–Crippen MR) is 107 cm³/mol. The third kappa shape index (κ3) is 5.26. The van der Waals surface area contributed by atoms with Crippen LogP contribution in [0.5, 0.6) is 11.5 Å². The molecule has 0 spiro atoms. The van der Waals surface area contributed by atoms with E-state index < -0.39 is 54.6 Å². The van der Waals surface area contributed by atoms with Crippen molar-refractivity contribution in [3.8, 4) is 11.5 Å². The quantitative estimate of drug-likeness (QED) is 0.209. The van der Waals surface area contributed by atoms with Crippen molar-refractivity contribution >= 4 is 20.2 Å². The minimum atomic E-state index is -6.12. The molecule has 0 aliphatic heterocycles. The maximum Gasteiger partial charge on any atom is 0.534 e. The second-order valence-corrected chi connectivity index (χ2v) is 11.2. The number of alkyl halides is 6. The van der Waals surface area contributed by atoms with Crippen molar-refractivity contribution in [2.24, 2.45) is 11.8 Å². The summed E-state index contributed by atoms with van der Waals surface area (Å²) in [7, 11) is -12.2. The van der Waals surface area contributed by atoms with Gasteiger partial charge in [-0.3, -0.25) is 0 Å². The van der Waals surface area contributed by atoms with Crippen LogP contribution in [0.25, 0.3) is 0 Å². The number of fused-ring (bicyclic) bond motifs is 1. The lowest BCUT2D eigenvalue weighted by Crippen LogP contribution is -2.31. The normalized spacial score (nSPS) is 20.8. The van der Waals surface area contributed by atoms with Crippen LogP contribution in [0.4, 0.5) is 26.3 Å². The van der Waals surface area contributed by atoms with Gasteiger partial charge in [0.25, 0.3) is 0 Å². The molecule has 0 saturated carbocycles. The molecular weight excluding hydrogens is 502 g/mol. The van der Waals surface area contributed by atoms with E-state index >= 15 is 0 Å². The molecule has 1 aromatic rings. The van der Waals surface area contributed by atoms with Crippen LogP contribution in [-0.4, -0.2) is 27.9 Å². The molecule has 3 unspecified atom stereocenters. The van der Waals surface area contributed by atoms with Crippen LogP contribution in [0.3, 0.4) is 0 Å². The molecule has 0 radical (unpaired) electrons. The molecule has 33 heavy (non-hydrogen) atoms. The predicted octanol–water partition coefficient (Wildman–Crippen LogP) is 5.58. The van der Waals surface area contributed by atoms with E-state index in [4.69, 9.17) is 0 Å². The molecule has 2 rings (SSSR count). The Morgan fingerprint density at radius 3 is 1.58 bits per heavy atom. The molecule has 188 valence electrons. The molecule has 1 aromatic carbocycles. The summed E-state index contributed by atoms with van der Waals surface area (Å²) in [6.45, 7) is 8.35. The highest BCUT2D eigenvalue weighted by molar-refractivity contribution is 7.88. The molecule has 14 heteroatoms. The van der Waals surface area contributed by atoms with Gasteiger partial charge < -0.3 is 8.37 Å². The average Bonchev–Trinajstić information content (AvgIpc) is 2.63. The Hall–Kier alpha value is -1.96. The Labute approximate surface area is 187 Å². The third-order valence-electron chi connectivity index (χ3n) is 5.68. The summed E-state index contributed by atoms with van der Waals surface area (Å²) in [4.78, 5) is 0. The van der Waals surface area contributed by atoms with Gasteiger partial charge in [-0.1, -0.05) is 39.3 Å². The molecule has 0 bridgehead atoms. The maximum absolute atomic E-state index is 13.0. The lowest BCUT2D eigenvalue weighted by atomic mass is 9.71. The molecule has 0 aromatic heterocycles. The van der Waals surface area contributed by atoms with Gasteiger partial charge in [-0.2, -0.15) is 43.2 Å². The average molecular weight is 525 g/mol. The molecule has 0 saturated heterocycles. The van der Waals surface area contributed by atoms with Crippen LogP contribution in [-0.2, 0) is 20.2 Å². The fourth-order valence-corrected chi connectivity index (χ4v) is 4.38. The minimum Gasteiger partial charge on any atom is -0.376 e. The monoisotopic (exact) mass is 524 g/mol. The second-order valence-electron chi connectivity index (χ2n) is 8.12. The van der Waals surface area contributed by atoms with Gasteiger partial charge in [0.15, 0.2) is 0 Å². The van der Waals surface area contributed by atoms with Gasteiger partial charge in [0.1, 0.15) is 11.5 Å². The van der Waals surface area contributed by atoms with Gasteiger partial charge in [0.05, 0.1) is 0 Å². The number of allylic oxidation sites excluding steroid dienone is 2. The van der Waals surface area contributed by atoms with E-state index in [1.807, 2.05) is 0 Å². The topological polar surface area (TPSA) is 86.7 Å². The van der Waals surface area contributed by atoms with E-state index in [0.717, 1.165) is 0 Å². The fraction of sp³-hybridized carbons (Fsp3) is 0.579. The van der Waals surface area contributed by atoms with Crippen molar-refractivity contribution in [3.05, 3.63) is 34.9 Å². The first kappa shape index (κ1) is 27.3. The zero-order valence-corrected chi connectivity index (χ0v) is 19.7. The summed E-state index contributed by atoms with van der Waals surface area (Å²) >= 11 is 0. The number of hydrogen-bond donors (Lipinski definition) is 0. The highest BCUT2D eigenvalue weighted by Gasteiger charge is 2.51. The van der Waals surface area contributed by atoms with Gasteiger partial charge >= 0.3 is 31.3 Å². The first-order chi connectivity index (χ1) is 14.7. The number of hydrogen-bond acceptors (Lipinski definition) is 6. The van der Waals surface area contributed by atoms with Crippen molar-refractivity contribution in [3.63, 3.8) is 0 Å². The first-order valence-corrected chi connectivity index (χ1v) is 12.4. The summed E-state index contributed by atoms with van der Waals surface area (Å²) in [5, 5.41) is 0. The summed E-state index contributed by atoms with van der Waals surface area (Å²) in [5.74, 6) is -3.61. The Morgan fingerprint density at radius 2 is 1.21 bits per heavy atom. The van der Waals surface area contributed by atoms with E-state index in [2.05, 4.69) is 8.37 Å². The molecular formula is C19H22F6O6S2. The lowest BCUT2D eigenvalue weighted by Gasteiger charge is -2.35. The maximum atomic E-state index is 13.0. The zero-order valence-electron chi connectivity index (χ0n) is 18.1. The Kier molecular flexibility index (Phi) is 7.17. The summed E-state index contributed by atoms with van der Waals surface area (Å²) in [5.41, 5.74) is -11.3. The second kappa shape index (κ2) is 8.67. The smallest absolute Gasteiger partial charge is 0.376 e. The Bertz CT molecular complexity index is 1150. The molecule has 0 N–H and O–H groups in total. The molecule has 6 nitrogen and oxygen atoms in total. The summed E-state index contributed by atoms with van der Waals surface area (Å²) in [6.07, 6.45) is 1.65. The van der Waals surface area contributed by atoms with Crippen LogP contribution in [0.15, 0.2) is 23.8 Å². The van der Waals surface area contributed by atoms with Crippen molar-refractivity contribution in [2.75, 3.05) is 0 Å². The molecule has 0 amide bonds. The Morgan fingerprint density at radius 1 is 0.818 bits per heavy atom. The van der Waals surface area contributed by atoms with Crippen LogP contribution >= 0.6 is 0 Å². The number of rotatable bonds is 6. The molecule has 0 fully saturated rings. The highest BCUT2D eigenvalue weighted by atomic mass is 32.2. The molecule has 1 aliphatic carbocycles.